The highest BCUT2D eigenvalue weighted by Crippen LogP contribution is 2.35. The van der Waals surface area contributed by atoms with Crippen molar-refractivity contribution in [1.29, 1.82) is 0 Å². The number of aliphatic hydroxyl groups is 1. The van der Waals surface area contributed by atoms with Crippen LogP contribution >= 0.6 is 0 Å². The van der Waals surface area contributed by atoms with Gasteiger partial charge in [-0.2, -0.15) is 0 Å². The molecular weight excluding hydrogens is 124 g/mol. The third kappa shape index (κ3) is 0.988. The summed E-state index contributed by atoms with van der Waals surface area (Å²) in [6.45, 7) is 0. The Kier molecular flexibility index (Phi) is 1.53. The number of aliphatic hydroxyl groups excluding tert-OH is 1. The molecule has 1 fully saturated rings. The van der Waals surface area contributed by atoms with Crippen LogP contribution in [0.2, 0.25) is 0 Å². The van der Waals surface area contributed by atoms with Crippen molar-refractivity contribution in [3.05, 3.63) is 12.2 Å². The van der Waals surface area contributed by atoms with Crippen LogP contribution in [0.25, 0.3) is 0 Å². The average Bonchev–Trinajstić information content (AvgIpc) is 1.99. The lowest BCUT2D eigenvalue weighted by Gasteiger charge is -2.33. The molecule has 1 saturated carbocycles. The lowest BCUT2D eigenvalue weighted by atomic mass is 9.75. The summed E-state index contributed by atoms with van der Waals surface area (Å²) in [5.41, 5.74) is 0. The molecule has 0 saturated heterocycles. The van der Waals surface area contributed by atoms with Crippen molar-refractivity contribution < 1.29 is 5.11 Å². The molecule has 0 aromatic heterocycles. The summed E-state index contributed by atoms with van der Waals surface area (Å²) in [6.07, 6.45) is 9.19. The lowest BCUT2D eigenvalue weighted by Crippen LogP contribution is -2.28. The first-order valence-electron chi connectivity index (χ1n) is 4.22. The first-order chi connectivity index (χ1) is 4.86. The molecule has 0 aromatic rings. The minimum absolute atomic E-state index is 0.128. The van der Waals surface area contributed by atoms with Gasteiger partial charge >= 0.3 is 0 Å². The van der Waals surface area contributed by atoms with Gasteiger partial charge in [-0.05, 0) is 31.1 Å². The molecule has 2 bridgehead atoms. The number of hydrogen-bond acceptors (Lipinski definition) is 1. The predicted octanol–water partition coefficient (Wildman–Crippen LogP) is 1.72. The zero-order chi connectivity index (χ0) is 6.97. The maximum atomic E-state index is 9.43. The van der Waals surface area contributed by atoms with Crippen LogP contribution in [0.3, 0.4) is 0 Å². The second kappa shape index (κ2) is 2.39. The number of fused-ring (bicyclic) bond motifs is 2. The summed E-state index contributed by atoms with van der Waals surface area (Å²) in [5.74, 6) is 1.38. The van der Waals surface area contributed by atoms with Gasteiger partial charge in [-0.3, -0.25) is 0 Å². The summed E-state index contributed by atoms with van der Waals surface area (Å²) in [6, 6.07) is 0. The van der Waals surface area contributed by atoms with E-state index in [1.807, 2.05) is 6.08 Å². The van der Waals surface area contributed by atoms with Gasteiger partial charge in [-0.1, -0.05) is 18.6 Å². The third-order valence-electron chi connectivity index (χ3n) is 2.82. The van der Waals surface area contributed by atoms with Crippen LogP contribution in [0, 0.1) is 11.8 Å². The van der Waals surface area contributed by atoms with E-state index < -0.39 is 0 Å². The molecule has 0 amide bonds. The Hall–Kier alpha value is -0.300. The maximum Gasteiger partial charge on any atom is 0.0749 e. The normalized spacial score (nSPS) is 45.5. The van der Waals surface area contributed by atoms with Gasteiger partial charge in [-0.15, -0.1) is 0 Å². The maximum absolute atomic E-state index is 9.43. The molecule has 2 aliphatic carbocycles. The SMILES string of the molecule is O[C@H]1C=C[C@@H]2CCC[C@H]1C2. The van der Waals surface area contributed by atoms with E-state index in [-0.39, 0.29) is 6.10 Å². The van der Waals surface area contributed by atoms with E-state index in [1.165, 1.54) is 25.7 Å². The number of allylic oxidation sites excluding steroid dienone is 1. The van der Waals surface area contributed by atoms with Gasteiger partial charge in [0.25, 0.3) is 0 Å². The van der Waals surface area contributed by atoms with Gasteiger partial charge in [0.05, 0.1) is 6.10 Å². The van der Waals surface area contributed by atoms with Crippen molar-refractivity contribution in [3.63, 3.8) is 0 Å². The van der Waals surface area contributed by atoms with Crippen molar-refractivity contribution >= 4 is 0 Å². The largest absolute Gasteiger partial charge is 0.389 e. The Labute approximate surface area is 61.8 Å². The molecule has 56 valence electrons. The van der Waals surface area contributed by atoms with Crippen molar-refractivity contribution in [2.45, 2.75) is 31.8 Å². The van der Waals surface area contributed by atoms with E-state index in [0.717, 1.165) is 5.92 Å². The van der Waals surface area contributed by atoms with E-state index in [9.17, 15) is 5.11 Å². The molecule has 0 heterocycles. The summed E-state index contributed by atoms with van der Waals surface area (Å²) in [4.78, 5) is 0. The summed E-state index contributed by atoms with van der Waals surface area (Å²) in [5, 5.41) is 9.43. The highest BCUT2D eigenvalue weighted by molar-refractivity contribution is 5.03. The fraction of sp³-hybridized carbons (Fsp3) is 0.778. The quantitative estimate of drug-likeness (QED) is 0.505. The fourth-order valence-corrected chi connectivity index (χ4v) is 2.18. The van der Waals surface area contributed by atoms with Crippen molar-refractivity contribution in [2.75, 3.05) is 0 Å². The van der Waals surface area contributed by atoms with E-state index >= 15 is 0 Å². The van der Waals surface area contributed by atoms with Crippen LogP contribution in [0.1, 0.15) is 25.7 Å². The minimum Gasteiger partial charge on any atom is -0.389 e. The molecule has 3 atom stereocenters. The van der Waals surface area contributed by atoms with E-state index in [2.05, 4.69) is 6.08 Å². The van der Waals surface area contributed by atoms with Crippen LogP contribution in [0.4, 0.5) is 0 Å². The molecular formula is C9H14O. The van der Waals surface area contributed by atoms with E-state index in [0.29, 0.717) is 5.92 Å². The molecule has 1 heteroatoms. The standard InChI is InChI=1S/C9H14O/c10-9-5-4-7-2-1-3-8(9)6-7/h4-5,7-10H,1-3,6H2/t7-,8-,9-/m0/s1. The van der Waals surface area contributed by atoms with Crippen LogP contribution in [-0.2, 0) is 0 Å². The molecule has 0 aliphatic heterocycles. The van der Waals surface area contributed by atoms with E-state index in [1.54, 1.807) is 0 Å². The van der Waals surface area contributed by atoms with Gasteiger partial charge in [0.15, 0.2) is 0 Å². The van der Waals surface area contributed by atoms with Crippen molar-refractivity contribution in [3.8, 4) is 0 Å². The van der Waals surface area contributed by atoms with Gasteiger partial charge in [0.2, 0.25) is 0 Å². The van der Waals surface area contributed by atoms with Gasteiger partial charge in [0.1, 0.15) is 0 Å². The average molecular weight is 138 g/mol. The monoisotopic (exact) mass is 138 g/mol. The second-order valence-corrected chi connectivity index (χ2v) is 3.56. The second-order valence-electron chi connectivity index (χ2n) is 3.56. The first-order valence-corrected chi connectivity index (χ1v) is 4.22. The zero-order valence-electron chi connectivity index (χ0n) is 6.16. The summed E-state index contributed by atoms with van der Waals surface area (Å²) < 4.78 is 0. The number of rotatable bonds is 0. The van der Waals surface area contributed by atoms with Crippen molar-refractivity contribution in [1.82, 2.24) is 0 Å². The molecule has 0 spiro atoms. The van der Waals surface area contributed by atoms with Crippen molar-refractivity contribution in [2.24, 2.45) is 11.8 Å². The zero-order valence-corrected chi connectivity index (χ0v) is 6.16. The minimum atomic E-state index is -0.128. The van der Waals surface area contributed by atoms with Crippen LogP contribution in [0.15, 0.2) is 12.2 Å². The molecule has 2 rings (SSSR count). The summed E-state index contributed by atoms with van der Waals surface area (Å²) in [7, 11) is 0. The van der Waals surface area contributed by atoms with Crippen LogP contribution in [0.5, 0.6) is 0 Å². The van der Waals surface area contributed by atoms with Gasteiger partial charge in [-0.25, -0.2) is 0 Å². The smallest absolute Gasteiger partial charge is 0.0749 e. The first kappa shape index (κ1) is 6.41. The third-order valence-corrected chi connectivity index (χ3v) is 2.82. The lowest BCUT2D eigenvalue weighted by molar-refractivity contribution is 0.102. The Morgan fingerprint density at radius 3 is 2.90 bits per heavy atom. The topological polar surface area (TPSA) is 20.2 Å². The molecule has 2 aliphatic rings. The Balaban J connectivity index is 2.13. The fourth-order valence-electron chi connectivity index (χ4n) is 2.18. The van der Waals surface area contributed by atoms with Crippen LogP contribution < -0.4 is 0 Å². The molecule has 1 nitrogen and oxygen atoms in total. The molecule has 0 radical (unpaired) electrons. The highest BCUT2D eigenvalue weighted by atomic mass is 16.3. The predicted molar refractivity (Wildman–Crippen MR) is 40.6 cm³/mol. The Morgan fingerprint density at radius 1 is 1.20 bits per heavy atom. The Morgan fingerprint density at radius 2 is 2.10 bits per heavy atom. The molecule has 1 N–H and O–H groups in total. The molecule has 0 unspecified atom stereocenters. The Bertz CT molecular complexity index is 147. The number of hydrogen-bond donors (Lipinski definition) is 1. The van der Waals surface area contributed by atoms with E-state index in [4.69, 9.17) is 0 Å². The van der Waals surface area contributed by atoms with Crippen LogP contribution in [-0.4, -0.2) is 11.2 Å². The molecule has 0 aromatic carbocycles. The molecule has 10 heavy (non-hydrogen) atoms. The summed E-state index contributed by atoms with van der Waals surface area (Å²) >= 11 is 0. The van der Waals surface area contributed by atoms with Gasteiger partial charge < -0.3 is 5.11 Å². The highest BCUT2D eigenvalue weighted by Gasteiger charge is 2.27. The van der Waals surface area contributed by atoms with Gasteiger partial charge in [0, 0.05) is 0 Å².